The first-order valence-electron chi connectivity index (χ1n) is 6.54. The van der Waals surface area contributed by atoms with Gasteiger partial charge in [0.05, 0.1) is 5.52 Å². The summed E-state index contributed by atoms with van der Waals surface area (Å²) in [4.78, 5) is 4.29. The second-order valence-corrected chi connectivity index (χ2v) is 5.27. The van der Waals surface area contributed by atoms with Crippen molar-refractivity contribution in [1.29, 1.82) is 0 Å². The van der Waals surface area contributed by atoms with Gasteiger partial charge in [-0.3, -0.25) is 4.98 Å². The van der Waals surface area contributed by atoms with E-state index in [-0.39, 0.29) is 5.54 Å². The molecule has 3 nitrogen and oxygen atoms in total. The summed E-state index contributed by atoms with van der Waals surface area (Å²) in [5.41, 5.74) is 6.81. The van der Waals surface area contributed by atoms with Crippen molar-refractivity contribution in [3.63, 3.8) is 0 Å². The van der Waals surface area contributed by atoms with Crippen LogP contribution >= 0.6 is 11.6 Å². The molecule has 1 aromatic carbocycles. The molecule has 0 amide bonds. The molecule has 1 heterocycles. The molecule has 102 valence electrons. The fourth-order valence-corrected chi connectivity index (χ4v) is 2.06. The van der Waals surface area contributed by atoms with E-state index in [0.29, 0.717) is 11.6 Å². The summed E-state index contributed by atoms with van der Waals surface area (Å²) in [6.45, 7) is 4.66. The lowest BCUT2D eigenvalue weighted by Gasteiger charge is -2.26. The van der Waals surface area contributed by atoms with Crippen LogP contribution < -0.4 is 10.5 Å². The number of nitrogens with zero attached hydrogens (tertiary/aromatic N) is 1. The van der Waals surface area contributed by atoms with Crippen LogP contribution in [0.1, 0.15) is 26.7 Å². The second kappa shape index (κ2) is 5.76. The van der Waals surface area contributed by atoms with Crippen LogP contribution in [0, 0.1) is 0 Å². The van der Waals surface area contributed by atoms with Gasteiger partial charge in [0.1, 0.15) is 12.4 Å². The molecule has 0 aliphatic carbocycles. The number of ether oxygens (including phenoxy) is 1. The van der Waals surface area contributed by atoms with Gasteiger partial charge in [0.2, 0.25) is 0 Å². The lowest BCUT2D eigenvalue weighted by Crippen LogP contribution is -2.44. The molecule has 0 saturated carbocycles. The number of hydrogen-bond donors (Lipinski definition) is 1. The molecule has 1 aromatic heterocycles. The van der Waals surface area contributed by atoms with Crippen molar-refractivity contribution in [2.24, 2.45) is 5.73 Å². The summed E-state index contributed by atoms with van der Waals surface area (Å²) >= 11 is 5.96. The van der Waals surface area contributed by atoms with Crippen molar-refractivity contribution in [1.82, 2.24) is 4.98 Å². The number of pyridine rings is 1. The van der Waals surface area contributed by atoms with Gasteiger partial charge in [-0.05, 0) is 37.1 Å². The Labute approximate surface area is 118 Å². The maximum Gasteiger partial charge on any atom is 0.130 e. The Hall–Kier alpha value is -1.32. The van der Waals surface area contributed by atoms with Crippen molar-refractivity contribution in [2.75, 3.05) is 6.61 Å². The molecule has 0 atom stereocenters. The fourth-order valence-electron chi connectivity index (χ4n) is 1.90. The van der Waals surface area contributed by atoms with Gasteiger partial charge in [-0.2, -0.15) is 0 Å². The van der Waals surface area contributed by atoms with Crippen LogP contribution in [0.15, 0.2) is 30.5 Å². The van der Waals surface area contributed by atoms with Gasteiger partial charge in [0.15, 0.2) is 0 Å². The molecule has 0 fully saturated rings. The van der Waals surface area contributed by atoms with E-state index in [4.69, 9.17) is 22.1 Å². The summed E-state index contributed by atoms with van der Waals surface area (Å²) in [6.07, 6.45) is 3.50. The average Bonchev–Trinajstić information content (AvgIpc) is 2.44. The van der Waals surface area contributed by atoms with Crippen molar-refractivity contribution in [2.45, 2.75) is 32.2 Å². The predicted octanol–water partition coefficient (Wildman–Crippen LogP) is 3.78. The van der Waals surface area contributed by atoms with E-state index in [1.807, 2.05) is 24.3 Å². The van der Waals surface area contributed by atoms with Crippen LogP contribution in [0.5, 0.6) is 5.75 Å². The quantitative estimate of drug-likeness (QED) is 0.905. The Morgan fingerprint density at radius 2 is 2.00 bits per heavy atom. The van der Waals surface area contributed by atoms with Crippen LogP contribution in [-0.4, -0.2) is 17.1 Å². The van der Waals surface area contributed by atoms with Gasteiger partial charge in [-0.15, -0.1) is 0 Å². The van der Waals surface area contributed by atoms with Crippen molar-refractivity contribution < 1.29 is 4.74 Å². The highest BCUT2D eigenvalue weighted by molar-refractivity contribution is 6.31. The van der Waals surface area contributed by atoms with Crippen LogP contribution in [0.25, 0.3) is 10.9 Å². The zero-order valence-corrected chi connectivity index (χ0v) is 12.1. The molecule has 0 bridgehead atoms. The van der Waals surface area contributed by atoms with Gasteiger partial charge < -0.3 is 10.5 Å². The highest BCUT2D eigenvalue weighted by Gasteiger charge is 2.21. The van der Waals surface area contributed by atoms with Crippen LogP contribution in [-0.2, 0) is 0 Å². The van der Waals surface area contributed by atoms with Crippen LogP contribution in [0.3, 0.4) is 0 Å². The number of aromatic nitrogens is 1. The van der Waals surface area contributed by atoms with E-state index in [9.17, 15) is 0 Å². The predicted molar refractivity (Wildman–Crippen MR) is 79.7 cm³/mol. The summed E-state index contributed by atoms with van der Waals surface area (Å²) in [7, 11) is 0. The number of rotatable bonds is 5. The number of hydrogen-bond acceptors (Lipinski definition) is 3. The Balaban J connectivity index is 2.26. The number of nitrogens with two attached hydrogens (primary N) is 1. The van der Waals surface area contributed by atoms with E-state index in [2.05, 4.69) is 18.8 Å². The average molecular weight is 279 g/mol. The summed E-state index contributed by atoms with van der Waals surface area (Å²) in [5, 5.41) is 1.63. The van der Waals surface area contributed by atoms with E-state index < -0.39 is 0 Å². The molecule has 0 aliphatic rings. The smallest absolute Gasteiger partial charge is 0.130 e. The maximum absolute atomic E-state index is 6.25. The van der Waals surface area contributed by atoms with Gasteiger partial charge in [-0.25, -0.2) is 0 Å². The number of halogens is 1. The minimum Gasteiger partial charge on any atom is -0.491 e. The normalized spacial score (nSPS) is 11.8. The minimum absolute atomic E-state index is 0.276. The summed E-state index contributed by atoms with van der Waals surface area (Å²) in [5.74, 6) is 0.804. The summed E-state index contributed by atoms with van der Waals surface area (Å²) < 4.78 is 5.90. The van der Waals surface area contributed by atoms with E-state index in [1.165, 1.54) is 0 Å². The van der Waals surface area contributed by atoms with Crippen LogP contribution in [0.4, 0.5) is 0 Å². The lowest BCUT2D eigenvalue weighted by atomic mass is 9.96. The highest BCUT2D eigenvalue weighted by atomic mass is 35.5. The fraction of sp³-hybridized carbons (Fsp3) is 0.400. The van der Waals surface area contributed by atoms with E-state index in [1.54, 1.807) is 6.20 Å². The topological polar surface area (TPSA) is 48.1 Å². The highest BCUT2D eigenvalue weighted by Crippen LogP contribution is 2.27. The molecule has 2 aromatic rings. The number of benzene rings is 1. The molecule has 4 heteroatoms. The van der Waals surface area contributed by atoms with Gasteiger partial charge in [-0.1, -0.05) is 25.4 Å². The molecular weight excluding hydrogens is 260 g/mol. The Morgan fingerprint density at radius 1 is 1.26 bits per heavy atom. The first-order chi connectivity index (χ1) is 9.08. The SMILES string of the molecule is CCC(N)(CC)COc1ccnc2cc(Cl)ccc12. The van der Waals surface area contributed by atoms with Crippen molar-refractivity contribution in [3.8, 4) is 5.75 Å². The van der Waals surface area contributed by atoms with Gasteiger partial charge >= 0.3 is 0 Å². The van der Waals surface area contributed by atoms with Crippen LogP contribution in [0.2, 0.25) is 5.02 Å². The third-order valence-electron chi connectivity index (χ3n) is 3.59. The number of fused-ring (bicyclic) bond motifs is 1. The Bertz CT molecular complexity index is 567. The minimum atomic E-state index is -0.276. The molecule has 0 unspecified atom stereocenters. The standard InChI is InChI=1S/C15H19ClN2O/c1-3-15(17,4-2)10-19-14-7-8-18-13-9-11(16)5-6-12(13)14/h5-9H,3-4,10,17H2,1-2H3. The molecule has 0 radical (unpaired) electrons. The maximum atomic E-state index is 6.25. The zero-order chi connectivity index (χ0) is 13.9. The molecule has 0 aliphatic heterocycles. The third kappa shape index (κ3) is 3.17. The molecule has 0 spiro atoms. The molecule has 2 rings (SSSR count). The van der Waals surface area contributed by atoms with Crippen molar-refractivity contribution in [3.05, 3.63) is 35.5 Å². The molecular formula is C15H19ClN2O. The first-order valence-corrected chi connectivity index (χ1v) is 6.92. The van der Waals surface area contributed by atoms with E-state index >= 15 is 0 Å². The summed E-state index contributed by atoms with van der Waals surface area (Å²) in [6, 6.07) is 7.46. The largest absolute Gasteiger partial charge is 0.491 e. The first kappa shape index (κ1) is 14.1. The Morgan fingerprint density at radius 3 is 2.68 bits per heavy atom. The third-order valence-corrected chi connectivity index (χ3v) is 3.82. The molecule has 0 saturated heterocycles. The molecule has 19 heavy (non-hydrogen) atoms. The van der Waals surface area contributed by atoms with Crippen molar-refractivity contribution >= 4 is 22.5 Å². The Kier molecular flexibility index (Phi) is 4.27. The zero-order valence-electron chi connectivity index (χ0n) is 11.3. The van der Waals surface area contributed by atoms with E-state index in [0.717, 1.165) is 29.5 Å². The monoisotopic (exact) mass is 278 g/mol. The second-order valence-electron chi connectivity index (χ2n) is 4.83. The molecule has 2 N–H and O–H groups in total. The lowest BCUT2D eigenvalue weighted by molar-refractivity contribution is 0.209. The van der Waals surface area contributed by atoms with Gasteiger partial charge in [0.25, 0.3) is 0 Å². The van der Waals surface area contributed by atoms with Gasteiger partial charge in [0, 0.05) is 22.1 Å².